The van der Waals surface area contributed by atoms with Crippen LogP contribution in [0.3, 0.4) is 0 Å². The van der Waals surface area contributed by atoms with Crippen molar-refractivity contribution in [3.8, 4) is 17.0 Å². The highest BCUT2D eigenvalue weighted by molar-refractivity contribution is 5.84. The van der Waals surface area contributed by atoms with Gasteiger partial charge in [0.05, 0.1) is 11.4 Å². The smallest absolute Gasteiger partial charge is 0.156 e. The van der Waals surface area contributed by atoms with Gasteiger partial charge in [-0.1, -0.05) is 6.92 Å². The zero-order valence-corrected chi connectivity index (χ0v) is 18.0. The minimum atomic E-state index is 0.0755. The Kier molecular flexibility index (Phi) is 4.87. The molecule has 1 fully saturated rings. The molecule has 0 spiro atoms. The summed E-state index contributed by atoms with van der Waals surface area (Å²) < 4.78 is 0. The molecule has 0 saturated carbocycles. The molecule has 3 N–H and O–H groups in total. The number of phenols is 1. The van der Waals surface area contributed by atoms with E-state index in [0.717, 1.165) is 54.0 Å². The zero-order valence-electron chi connectivity index (χ0n) is 18.0. The summed E-state index contributed by atoms with van der Waals surface area (Å²) in [5.41, 5.74) is 5.08. The molecule has 1 aromatic carbocycles. The van der Waals surface area contributed by atoms with Gasteiger partial charge in [0.1, 0.15) is 5.75 Å². The number of nitrogens with one attached hydrogen (secondary N) is 2. The Morgan fingerprint density at radius 2 is 1.90 bits per heavy atom. The van der Waals surface area contributed by atoms with Gasteiger partial charge in [0, 0.05) is 41.7 Å². The van der Waals surface area contributed by atoms with Gasteiger partial charge in [-0.3, -0.25) is 10.00 Å². The second-order valence-corrected chi connectivity index (χ2v) is 9.19. The van der Waals surface area contributed by atoms with E-state index >= 15 is 0 Å². The number of rotatable bonds is 4. The Morgan fingerprint density at radius 3 is 2.59 bits per heavy atom. The lowest BCUT2D eigenvalue weighted by Gasteiger charge is -2.51. The lowest BCUT2D eigenvalue weighted by molar-refractivity contribution is 0.0178. The largest absolute Gasteiger partial charge is 0.508 e. The summed E-state index contributed by atoms with van der Waals surface area (Å²) in [5.74, 6) is 0.259. The number of aromatic amines is 1. The first-order chi connectivity index (χ1) is 13.7. The first kappa shape index (κ1) is 19.9. The van der Waals surface area contributed by atoms with E-state index in [1.54, 1.807) is 12.1 Å². The molecule has 1 unspecified atom stereocenters. The third kappa shape index (κ3) is 3.74. The second-order valence-electron chi connectivity index (χ2n) is 9.19. The van der Waals surface area contributed by atoms with Crippen LogP contribution in [0.5, 0.6) is 5.75 Å². The molecule has 1 saturated heterocycles. The van der Waals surface area contributed by atoms with Crippen LogP contribution >= 0.6 is 0 Å². The number of aryl methyl sites for hydroxylation is 1. The molecule has 4 rings (SSSR count). The molecule has 1 aliphatic rings. The lowest BCUT2D eigenvalue weighted by Crippen LogP contribution is -2.66. The van der Waals surface area contributed by atoms with Crippen LogP contribution in [0.25, 0.3) is 22.3 Å². The Hall–Kier alpha value is -2.44. The molecule has 0 radical (unpaired) electrons. The van der Waals surface area contributed by atoms with E-state index < -0.39 is 0 Å². The van der Waals surface area contributed by atoms with Crippen LogP contribution in [0, 0.1) is 6.92 Å². The summed E-state index contributed by atoms with van der Waals surface area (Å²) in [4.78, 5) is 7.41. The fraction of sp³-hybridized carbons (Fsp3) is 0.478. The highest BCUT2D eigenvalue weighted by Gasteiger charge is 2.39. The van der Waals surface area contributed by atoms with Crippen molar-refractivity contribution in [3.63, 3.8) is 0 Å². The molecule has 1 aliphatic heterocycles. The second kappa shape index (κ2) is 7.11. The lowest BCUT2D eigenvalue weighted by atomic mass is 9.87. The number of hydrogen-bond donors (Lipinski definition) is 3. The Labute approximate surface area is 172 Å². The quantitative estimate of drug-likeness (QED) is 0.625. The summed E-state index contributed by atoms with van der Waals surface area (Å²) in [6, 6.07) is 9.39. The number of phenolic OH excluding ortho intramolecular Hbond substituents is 1. The topological polar surface area (TPSA) is 77.1 Å². The normalized spacial score (nSPS) is 22.2. The Balaban J connectivity index is 1.79. The van der Waals surface area contributed by atoms with Crippen molar-refractivity contribution in [2.45, 2.75) is 58.7 Å². The average molecular weight is 394 g/mol. The SMILES string of the molecule is CCC1(C)CNC(C)(C)CN1Cc1cc(-c2ccc(O)cc2)nc2[nH]nc(C)c12. The van der Waals surface area contributed by atoms with Crippen LogP contribution < -0.4 is 5.32 Å². The van der Waals surface area contributed by atoms with Crippen LogP contribution in [0.2, 0.25) is 0 Å². The van der Waals surface area contributed by atoms with Gasteiger partial charge in [-0.25, -0.2) is 4.98 Å². The van der Waals surface area contributed by atoms with Gasteiger partial charge in [-0.15, -0.1) is 0 Å². The van der Waals surface area contributed by atoms with Crippen molar-refractivity contribution in [1.29, 1.82) is 0 Å². The predicted octanol–water partition coefficient (Wildman–Crippen LogP) is 3.99. The summed E-state index contributed by atoms with van der Waals surface area (Å²) in [7, 11) is 0. The van der Waals surface area contributed by atoms with Crippen LogP contribution in [0.4, 0.5) is 0 Å². The fourth-order valence-electron chi connectivity index (χ4n) is 4.25. The van der Waals surface area contributed by atoms with E-state index in [4.69, 9.17) is 4.98 Å². The highest BCUT2D eigenvalue weighted by atomic mass is 16.3. The number of hydrogen-bond acceptors (Lipinski definition) is 5. The van der Waals surface area contributed by atoms with Crippen LogP contribution in [0.15, 0.2) is 30.3 Å². The number of benzene rings is 1. The van der Waals surface area contributed by atoms with Crippen molar-refractivity contribution in [3.05, 3.63) is 41.6 Å². The first-order valence-corrected chi connectivity index (χ1v) is 10.3. The number of fused-ring (bicyclic) bond motifs is 1. The molecule has 0 aliphatic carbocycles. The van der Waals surface area contributed by atoms with Crippen LogP contribution in [-0.4, -0.2) is 49.4 Å². The van der Waals surface area contributed by atoms with E-state index in [-0.39, 0.29) is 16.8 Å². The maximum absolute atomic E-state index is 9.63. The molecule has 0 bridgehead atoms. The van der Waals surface area contributed by atoms with Gasteiger partial charge in [0.2, 0.25) is 0 Å². The summed E-state index contributed by atoms with van der Waals surface area (Å²) in [6.07, 6.45) is 1.08. The highest BCUT2D eigenvalue weighted by Crippen LogP contribution is 2.32. The fourth-order valence-corrected chi connectivity index (χ4v) is 4.25. The van der Waals surface area contributed by atoms with E-state index in [1.807, 2.05) is 19.1 Å². The molecule has 3 aromatic rings. The van der Waals surface area contributed by atoms with E-state index in [9.17, 15) is 5.11 Å². The van der Waals surface area contributed by atoms with Crippen molar-refractivity contribution < 1.29 is 5.11 Å². The Bertz CT molecular complexity index is 1020. The number of H-pyrrole nitrogens is 1. The molecule has 2 aromatic heterocycles. The number of nitrogens with zero attached hydrogens (tertiary/aromatic N) is 3. The molecule has 3 heterocycles. The average Bonchev–Trinajstić information content (AvgIpc) is 3.06. The minimum absolute atomic E-state index is 0.0755. The summed E-state index contributed by atoms with van der Waals surface area (Å²) >= 11 is 0. The van der Waals surface area contributed by atoms with E-state index in [0.29, 0.717) is 0 Å². The summed E-state index contributed by atoms with van der Waals surface area (Å²) in [5, 5.41) is 22.0. The number of piperazine rings is 1. The number of pyridine rings is 1. The summed E-state index contributed by atoms with van der Waals surface area (Å²) in [6.45, 7) is 14.0. The van der Waals surface area contributed by atoms with Crippen molar-refractivity contribution in [1.82, 2.24) is 25.4 Å². The third-order valence-electron chi connectivity index (χ3n) is 6.38. The first-order valence-electron chi connectivity index (χ1n) is 10.3. The van der Waals surface area contributed by atoms with Crippen molar-refractivity contribution >= 4 is 11.0 Å². The molecule has 29 heavy (non-hydrogen) atoms. The Morgan fingerprint density at radius 1 is 1.17 bits per heavy atom. The van der Waals surface area contributed by atoms with E-state index in [2.05, 4.69) is 54.2 Å². The van der Waals surface area contributed by atoms with Gasteiger partial charge in [-0.05, 0) is 70.0 Å². The minimum Gasteiger partial charge on any atom is -0.508 e. The molecule has 1 atom stereocenters. The van der Waals surface area contributed by atoms with Gasteiger partial charge in [-0.2, -0.15) is 5.10 Å². The van der Waals surface area contributed by atoms with Gasteiger partial charge >= 0.3 is 0 Å². The standard InChI is InChI=1S/C23H31N5O/c1-6-23(5)13-24-22(3,4)14-28(23)12-17-11-19(16-7-9-18(29)10-8-16)25-21-20(17)15(2)26-27-21/h7-11,24,29H,6,12-14H2,1-5H3,(H,25,26,27). The number of aromatic hydroxyl groups is 1. The van der Waals surface area contributed by atoms with E-state index in [1.165, 1.54) is 5.56 Å². The number of aromatic nitrogens is 3. The molecule has 6 nitrogen and oxygen atoms in total. The zero-order chi connectivity index (χ0) is 20.8. The molecular formula is C23H31N5O. The van der Waals surface area contributed by atoms with Gasteiger partial charge in [0.25, 0.3) is 0 Å². The van der Waals surface area contributed by atoms with Crippen LogP contribution in [-0.2, 0) is 6.54 Å². The van der Waals surface area contributed by atoms with Crippen molar-refractivity contribution in [2.75, 3.05) is 13.1 Å². The monoisotopic (exact) mass is 393 g/mol. The van der Waals surface area contributed by atoms with Crippen molar-refractivity contribution in [2.24, 2.45) is 0 Å². The predicted molar refractivity (Wildman–Crippen MR) is 117 cm³/mol. The maximum atomic E-state index is 9.63. The van der Waals surface area contributed by atoms with Gasteiger partial charge < -0.3 is 10.4 Å². The molecule has 154 valence electrons. The van der Waals surface area contributed by atoms with Crippen LogP contribution in [0.1, 0.15) is 45.4 Å². The molecule has 0 amide bonds. The third-order valence-corrected chi connectivity index (χ3v) is 6.38. The molecular weight excluding hydrogens is 362 g/mol. The maximum Gasteiger partial charge on any atom is 0.156 e. The molecule has 6 heteroatoms. The van der Waals surface area contributed by atoms with Gasteiger partial charge in [0.15, 0.2) is 5.65 Å².